The number of aromatic nitrogens is 3. The van der Waals surface area contributed by atoms with Crippen LogP contribution in [0.2, 0.25) is 0 Å². The zero-order valence-corrected chi connectivity index (χ0v) is 12.8. The van der Waals surface area contributed by atoms with Crippen LogP contribution in [0.5, 0.6) is 0 Å². The van der Waals surface area contributed by atoms with Crippen molar-refractivity contribution in [1.82, 2.24) is 15.2 Å². The van der Waals surface area contributed by atoms with Crippen molar-refractivity contribution in [1.29, 1.82) is 0 Å². The van der Waals surface area contributed by atoms with E-state index >= 15 is 0 Å². The minimum atomic E-state index is 0.855. The van der Waals surface area contributed by atoms with Crippen LogP contribution in [0.4, 0.5) is 10.3 Å². The van der Waals surface area contributed by atoms with Crippen LogP contribution in [-0.4, -0.2) is 35.3 Å². The lowest BCUT2D eigenvalue weighted by Gasteiger charge is -2.12. The lowest BCUT2D eigenvalue weighted by Crippen LogP contribution is -2.17. The van der Waals surface area contributed by atoms with E-state index in [0.717, 1.165) is 40.5 Å². The maximum Gasteiger partial charge on any atom is 0.205 e. The Morgan fingerprint density at radius 2 is 2.00 bits per heavy atom. The predicted octanol–water partition coefficient (Wildman–Crippen LogP) is 2.87. The van der Waals surface area contributed by atoms with Gasteiger partial charge < -0.3 is 10.2 Å². The molecule has 102 valence electrons. The van der Waals surface area contributed by atoms with Gasteiger partial charge in [0.1, 0.15) is 0 Å². The Labute approximate surface area is 120 Å². The van der Waals surface area contributed by atoms with Gasteiger partial charge in [0.05, 0.1) is 10.6 Å². The van der Waals surface area contributed by atoms with Crippen LogP contribution in [-0.2, 0) is 6.42 Å². The highest BCUT2D eigenvalue weighted by atomic mass is 32.1. The molecular formula is C12H17N5S2. The molecule has 7 heteroatoms. The average molecular weight is 295 g/mol. The van der Waals surface area contributed by atoms with Gasteiger partial charge in [0.25, 0.3) is 0 Å². The summed E-state index contributed by atoms with van der Waals surface area (Å²) in [5.41, 5.74) is 1.14. The number of anilines is 2. The average Bonchev–Trinajstić information content (AvgIpc) is 3.16. The maximum atomic E-state index is 4.79. The van der Waals surface area contributed by atoms with Crippen molar-refractivity contribution in [2.24, 2.45) is 0 Å². The van der Waals surface area contributed by atoms with Crippen molar-refractivity contribution in [2.45, 2.75) is 26.2 Å². The second-order valence-corrected chi connectivity index (χ2v) is 6.44. The van der Waals surface area contributed by atoms with Gasteiger partial charge >= 0.3 is 0 Å². The van der Waals surface area contributed by atoms with Gasteiger partial charge in [-0.2, -0.15) is 0 Å². The predicted molar refractivity (Wildman–Crippen MR) is 81.4 cm³/mol. The summed E-state index contributed by atoms with van der Waals surface area (Å²) in [6.07, 6.45) is 3.49. The minimum Gasteiger partial charge on any atom is -0.363 e. The van der Waals surface area contributed by atoms with Crippen LogP contribution in [0.1, 0.15) is 25.5 Å². The first-order valence-electron chi connectivity index (χ1n) is 6.58. The summed E-state index contributed by atoms with van der Waals surface area (Å²) in [7, 11) is 1.87. The second kappa shape index (κ2) is 5.42. The van der Waals surface area contributed by atoms with Gasteiger partial charge in [-0.05, 0) is 19.3 Å². The monoisotopic (exact) mass is 295 g/mol. The first-order chi connectivity index (χ1) is 9.31. The third kappa shape index (κ3) is 2.44. The third-order valence-electron chi connectivity index (χ3n) is 3.23. The maximum absolute atomic E-state index is 4.79. The van der Waals surface area contributed by atoms with Crippen LogP contribution >= 0.6 is 22.7 Å². The topological polar surface area (TPSA) is 53.9 Å². The summed E-state index contributed by atoms with van der Waals surface area (Å²) in [5.74, 6) is 0. The van der Waals surface area contributed by atoms with E-state index in [1.54, 1.807) is 22.7 Å². The molecule has 0 aliphatic carbocycles. The fraction of sp³-hybridized carbons (Fsp3) is 0.583. The van der Waals surface area contributed by atoms with Gasteiger partial charge in [0.15, 0.2) is 10.1 Å². The summed E-state index contributed by atoms with van der Waals surface area (Å²) in [6.45, 7) is 4.41. The van der Waals surface area contributed by atoms with E-state index in [0.29, 0.717) is 0 Å². The molecule has 3 heterocycles. The van der Waals surface area contributed by atoms with E-state index in [2.05, 4.69) is 27.3 Å². The van der Waals surface area contributed by atoms with Gasteiger partial charge in [-0.15, -0.1) is 10.2 Å². The molecule has 1 aliphatic rings. The Morgan fingerprint density at radius 3 is 2.63 bits per heavy atom. The molecule has 1 N–H and O–H groups in total. The van der Waals surface area contributed by atoms with Crippen LogP contribution < -0.4 is 10.2 Å². The Bertz CT molecular complexity index is 556. The lowest BCUT2D eigenvalue weighted by atomic mass is 10.3. The van der Waals surface area contributed by atoms with Crippen molar-refractivity contribution in [3.05, 3.63) is 5.69 Å². The van der Waals surface area contributed by atoms with Crippen molar-refractivity contribution in [3.63, 3.8) is 0 Å². The first-order valence-corrected chi connectivity index (χ1v) is 8.21. The Balaban J connectivity index is 1.95. The normalized spacial score (nSPS) is 15.2. The molecule has 1 fully saturated rings. The van der Waals surface area contributed by atoms with Crippen LogP contribution in [0.25, 0.3) is 9.88 Å². The van der Waals surface area contributed by atoms with Crippen LogP contribution in [0.15, 0.2) is 0 Å². The number of rotatable bonds is 4. The molecule has 0 atom stereocenters. The molecule has 2 aromatic rings. The highest BCUT2D eigenvalue weighted by Crippen LogP contribution is 2.38. The fourth-order valence-electron chi connectivity index (χ4n) is 2.21. The summed E-state index contributed by atoms with van der Waals surface area (Å²) >= 11 is 3.34. The fourth-order valence-corrected chi connectivity index (χ4v) is 4.20. The molecule has 5 nitrogen and oxygen atoms in total. The van der Waals surface area contributed by atoms with Crippen molar-refractivity contribution < 1.29 is 0 Å². The van der Waals surface area contributed by atoms with E-state index in [1.165, 1.54) is 17.7 Å². The number of aryl methyl sites for hydroxylation is 1. The number of hydrogen-bond donors (Lipinski definition) is 1. The van der Waals surface area contributed by atoms with Gasteiger partial charge in [0, 0.05) is 20.1 Å². The highest BCUT2D eigenvalue weighted by Gasteiger charge is 2.21. The zero-order chi connectivity index (χ0) is 13.2. The quantitative estimate of drug-likeness (QED) is 0.940. The van der Waals surface area contributed by atoms with Crippen molar-refractivity contribution in [2.75, 3.05) is 30.4 Å². The molecule has 0 bridgehead atoms. The van der Waals surface area contributed by atoms with Crippen molar-refractivity contribution >= 4 is 32.9 Å². The van der Waals surface area contributed by atoms with E-state index in [4.69, 9.17) is 4.98 Å². The summed E-state index contributed by atoms with van der Waals surface area (Å²) in [6, 6.07) is 0. The van der Waals surface area contributed by atoms with E-state index in [9.17, 15) is 0 Å². The van der Waals surface area contributed by atoms with Crippen LogP contribution in [0.3, 0.4) is 0 Å². The molecule has 0 spiro atoms. The molecular weight excluding hydrogens is 278 g/mol. The summed E-state index contributed by atoms with van der Waals surface area (Å²) in [4.78, 5) is 8.35. The molecule has 0 amide bonds. The molecule has 0 saturated carbocycles. The summed E-state index contributed by atoms with van der Waals surface area (Å²) < 4.78 is 0. The molecule has 1 saturated heterocycles. The summed E-state index contributed by atoms with van der Waals surface area (Å²) in [5, 5.41) is 14.4. The van der Waals surface area contributed by atoms with Crippen LogP contribution in [0, 0.1) is 0 Å². The Hall–Kier alpha value is -1.21. The molecule has 3 rings (SSSR count). The zero-order valence-electron chi connectivity index (χ0n) is 11.1. The number of thiazole rings is 1. The molecule has 0 radical (unpaired) electrons. The van der Waals surface area contributed by atoms with Gasteiger partial charge in [-0.25, -0.2) is 4.98 Å². The van der Waals surface area contributed by atoms with Gasteiger partial charge in [0.2, 0.25) is 5.13 Å². The minimum absolute atomic E-state index is 0.855. The van der Waals surface area contributed by atoms with E-state index < -0.39 is 0 Å². The van der Waals surface area contributed by atoms with Crippen molar-refractivity contribution in [3.8, 4) is 9.88 Å². The molecule has 1 aliphatic heterocycles. The lowest BCUT2D eigenvalue weighted by molar-refractivity contribution is 0.941. The SMILES string of the molecule is CCc1nc(N2CCCC2)sc1-c1nnc(NC)s1. The Kier molecular flexibility index (Phi) is 3.65. The highest BCUT2D eigenvalue weighted by molar-refractivity contribution is 7.25. The molecule has 2 aromatic heterocycles. The first kappa shape index (κ1) is 12.8. The standard InChI is InChI=1S/C12H17N5S2/c1-3-8-9(10-15-16-11(13-2)19-10)18-12(14-8)17-6-4-5-7-17/h3-7H2,1-2H3,(H,13,16). The second-order valence-electron chi connectivity index (χ2n) is 4.48. The number of nitrogens with zero attached hydrogens (tertiary/aromatic N) is 4. The largest absolute Gasteiger partial charge is 0.363 e. The molecule has 19 heavy (non-hydrogen) atoms. The molecule has 0 aromatic carbocycles. The molecule has 0 unspecified atom stereocenters. The van der Waals surface area contributed by atoms with Gasteiger partial charge in [-0.1, -0.05) is 29.6 Å². The number of nitrogens with one attached hydrogen (secondary N) is 1. The number of hydrogen-bond acceptors (Lipinski definition) is 7. The Morgan fingerprint density at radius 1 is 1.21 bits per heavy atom. The smallest absolute Gasteiger partial charge is 0.205 e. The van der Waals surface area contributed by atoms with E-state index in [-0.39, 0.29) is 0 Å². The van der Waals surface area contributed by atoms with Gasteiger partial charge in [-0.3, -0.25) is 0 Å². The third-order valence-corrected chi connectivity index (χ3v) is 5.48. The van der Waals surface area contributed by atoms with E-state index in [1.807, 2.05) is 7.05 Å².